The molecule has 0 saturated heterocycles. The Hall–Kier alpha value is -1.72. The van der Waals surface area contributed by atoms with E-state index in [2.05, 4.69) is 4.98 Å². The number of benzene rings is 1. The first-order valence-electron chi connectivity index (χ1n) is 7.71. The number of fused-ring (bicyclic) bond motifs is 1. The van der Waals surface area contributed by atoms with Gasteiger partial charge in [-0.1, -0.05) is 12.1 Å². The van der Waals surface area contributed by atoms with Crippen molar-refractivity contribution < 1.29 is 28.1 Å². The van der Waals surface area contributed by atoms with Crippen LogP contribution in [-0.2, 0) is 17.6 Å². The van der Waals surface area contributed by atoms with Gasteiger partial charge >= 0.3 is 6.18 Å². The number of halogens is 3. The lowest BCUT2D eigenvalue weighted by atomic mass is 9.85. The molecule has 0 radical (unpaired) electrons. The van der Waals surface area contributed by atoms with E-state index in [1.54, 1.807) is 12.1 Å². The number of aromatic nitrogens is 2. The van der Waals surface area contributed by atoms with Gasteiger partial charge in [-0.15, -0.1) is 0 Å². The van der Waals surface area contributed by atoms with Crippen molar-refractivity contribution in [2.75, 3.05) is 0 Å². The highest BCUT2D eigenvalue weighted by Gasteiger charge is 2.42. The Morgan fingerprint density at radius 2 is 1.84 bits per heavy atom. The van der Waals surface area contributed by atoms with E-state index >= 15 is 0 Å². The Balaban J connectivity index is 1.88. The maximum Gasteiger partial charge on any atom is 0.449 e. The molecule has 1 aliphatic carbocycles. The van der Waals surface area contributed by atoms with E-state index < -0.39 is 49.1 Å². The fourth-order valence-corrected chi connectivity index (χ4v) is 3.09. The summed E-state index contributed by atoms with van der Waals surface area (Å²) in [4.78, 5) is 3.61. The van der Waals surface area contributed by atoms with Gasteiger partial charge in [0, 0.05) is 12.1 Å². The Labute approximate surface area is 141 Å². The monoisotopic (exact) mass is 360 g/mol. The molecule has 7 nitrogen and oxygen atoms in total. The average molecular weight is 360 g/mol. The van der Waals surface area contributed by atoms with Crippen LogP contribution in [0.15, 0.2) is 24.3 Å². The first kappa shape index (κ1) is 18.1. The minimum Gasteiger partial charge on any atom is -0.389 e. The maximum atomic E-state index is 13.2. The smallest absolute Gasteiger partial charge is 0.389 e. The Morgan fingerprint density at radius 1 is 1.16 bits per heavy atom. The number of rotatable bonds is 3. The number of aliphatic hydroxyl groups excluding tert-OH is 2. The third-order valence-corrected chi connectivity index (χ3v) is 4.40. The zero-order chi connectivity index (χ0) is 18.4. The van der Waals surface area contributed by atoms with Gasteiger partial charge in [-0.3, -0.25) is 4.57 Å². The summed E-state index contributed by atoms with van der Waals surface area (Å²) >= 11 is 0. The fraction of sp³-hybridized carbons (Fsp3) is 0.533. The number of nitrogens with two attached hydrogens (primary N) is 2. The third-order valence-electron chi connectivity index (χ3n) is 4.40. The number of nitrogens with zero attached hydrogens (tertiary/aromatic N) is 2. The molecule has 1 aliphatic rings. The van der Waals surface area contributed by atoms with Crippen molar-refractivity contribution in [3.63, 3.8) is 0 Å². The van der Waals surface area contributed by atoms with E-state index in [9.17, 15) is 23.4 Å². The number of hydrogen-bond donors (Lipinski definition) is 4. The highest BCUT2D eigenvalue weighted by molar-refractivity contribution is 5.75. The van der Waals surface area contributed by atoms with Crippen LogP contribution in [0.1, 0.15) is 12.2 Å². The van der Waals surface area contributed by atoms with E-state index in [0.29, 0.717) is 0 Å². The topological polar surface area (TPSA) is 120 Å². The van der Waals surface area contributed by atoms with Crippen LogP contribution in [0.25, 0.3) is 11.0 Å². The zero-order valence-corrected chi connectivity index (χ0v) is 13.1. The minimum atomic E-state index is -4.67. The number of aliphatic hydroxyl groups is 2. The van der Waals surface area contributed by atoms with Crippen molar-refractivity contribution in [2.45, 2.75) is 49.7 Å². The summed E-state index contributed by atoms with van der Waals surface area (Å²) in [5.74, 6) is -1.11. The SMILES string of the molecule is N[C@@H]1C[C@H](N)[C@@H](OCn2c(C(F)(F)F)nc3ccccc32)[C@H](O)[C@H]1O. The van der Waals surface area contributed by atoms with Gasteiger partial charge in [-0.25, -0.2) is 4.98 Å². The lowest BCUT2D eigenvalue weighted by Crippen LogP contribution is -2.62. The molecule has 0 bridgehead atoms. The first-order chi connectivity index (χ1) is 11.7. The van der Waals surface area contributed by atoms with Crippen molar-refractivity contribution in [1.82, 2.24) is 9.55 Å². The van der Waals surface area contributed by atoms with Crippen molar-refractivity contribution in [3.05, 3.63) is 30.1 Å². The summed E-state index contributed by atoms with van der Waals surface area (Å²) in [6.07, 6.45) is -8.18. The van der Waals surface area contributed by atoms with Crippen LogP contribution in [-0.4, -0.2) is 50.2 Å². The Kier molecular flexibility index (Phi) is 4.73. The molecule has 0 unspecified atom stereocenters. The second-order valence-electron chi connectivity index (χ2n) is 6.15. The Bertz CT molecular complexity index is 751. The third kappa shape index (κ3) is 3.35. The molecule has 2 aromatic rings. The molecular weight excluding hydrogens is 341 g/mol. The van der Waals surface area contributed by atoms with Crippen molar-refractivity contribution in [3.8, 4) is 0 Å². The van der Waals surface area contributed by atoms with Gasteiger partial charge < -0.3 is 26.4 Å². The van der Waals surface area contributed by atoms with Gasteiger partial charge in [0.1, 0.15) is 18.9 Å². The van der Waals surface area contributed by atoms with Gasteiger partial charge in [-0.05, 0) is 18.6 Å². The second kappa shape index (κ2) is 6.54. The highest BCUT2D eigenvalue weighted by Crippen LogP contribution is 2.32. The summed E-state index contributed by atoms with van der Waals surface area (Å²) in [5, 5.41) is 19.9. The van der Waals surface area contributed by atoms with Crippen molar-refractivity contribution in [2.24, 2.45) is 11.5 Å². The molecule has 1 aromatic heterocycles. The van der Waals surface area contributed by atoms with E-state index in [0.717, 1.165) is 4.57 Å². The van der Waals surface area contributed by atoms with Crippen LogP contribution in [0.5, 0.6) is 0 Å². The van der Waals surface area contributed by atoms with Crippen molar-refractivity contribution >= 4 is 11.0 Å². The summed E-state index contributed by atoms with van der Waals surface area (Å²) in [6.45, 7) is -0.521. The summed E-state index contributed by atoms with van der Waals surface area (Å²) in [5.41, 5.74) is 11.9. The first-order valence-corrected chi connectivity index (χ1v) is 7.71. The summed E-state index contributed by atoms with van der Waals surface area (Å²) in [7, 11) is 0. The number of ether oxygens (including phenoxy) is 1. The van der Waals surface area contributed by atoms with E-state index in [1.807, 2.05) is 0 Å². The molecule has 0 aliphatic heterocycles. The summed E-state index contributed by atoms with van der Waals surface area (Å²) in [6, 6.07) is 4.69. The molecule has 25 heavy (non-hydrogen) atoms. The predicted molar refractivity (Wildman–Crippen MR) is 82.2 cm³/mol. The molecule has 1 fully saturated rings. The van der Waals surface area contributed by atoms with Gasteiger partial charge in [-0.2, -0.15) is 13.2 Å². The van der Waals surface area contributed by atoms with Crippen LogP contribution in [0.4, 0.5) is 13.2 Å². The van der Waals surface area contributed by atoms with Gasteiger partial charge in [0.05, 0.1) is 17.1 Å². The number of imidazole rings is 1. The van der Waals surface area contributed by atoms with Crippen LogP contribution in [0.2, 0.25) is 0 Å². The molecule has 0 spiro atoms. The molecule has 5 atom stereocenters. The standard InChI is InChI=1S/C15H19F3N4O3/c16-15(17,18)14-21-9-3-1-2-4-10(9)22(14)6-25-13-8(20)5-7(19)11(23)12(13)24/h1-4,7-8,11-13,23-24H,5-6,19-20H2/t7-,8+,11+,12-,13-/m1/s1. The van der Waals surface area contributed by atoms with Gasteiger partial charge in [0.15, 0.2) is 0 Å². The van der Waals surface area contributed by atoms with Crippen LogP contribution in [0, 0.1) is 0 Å². The molecule has 3 rings (SSSR count). The quantitative estimate of drug-likeness (QED) is 0.620. The van der Waals surface area contributed by atoms with E-state index in [-0.39, 0.29) is 17.5 Å². The Morgan fingerprint density at radius 3 is 2.52 bits per heavy atom. The number of para-hydroxylation sites is 2. The van der Waals surface area contributed by atoms with Gasteiger partial charge in [0.25, 0.3) is 0 Å². The molecule has 1 aromatic carbocycles. The summed E-state index contributed by atoms with van der Waals surface area (Å²) < 4.78 is 46.1. The lowest BCUT2D eigenvalue weighted by Gasteiger charge is -2.39. The van der Waals surface area contributed by atoms with E-state index in [1.165, 1.54) is 12.1 Å². The second-order valence-corrected chi connectivity index (χ2v) is 6.15. The predicted octanol–water partition coefficient (Wildman–Crippen LogP) is 0.178. The van der Waals surface area contributed by atoms with Crippen LogP contribution >= 0.6 is 0 Å². The van der Waals surface area contributed by atoms with Gasteiger partial charge in [0.2, 0.25) is 5.82 Å². The number of hydrogen-bond acceptors (Lipinski definition) is 6. The van der Waals surface area contributed by atoms with Crippen LogP contribution in [0.3, 0.4) is 0 Å². The normalized spacial score (nSPS) is 30.8. The molecule has 0 amide bonds. The maximum absolute atomic E-state index is 13.2. The minimum absolute atomic E-state index is 0.175. The lowest BCUT2D eigenvalue weighted by molar-refractivity contribution is -0.160. The largest absolute Gasteiger partial charge is 0.449 e. The number of alkyl halides is 3. The van der Waals surface area contributed by atoms with Crippen LogP contribution < -0.4 is 11.5 Å². The molecular formula is C15H19F3N4O3. The fourth-order valence-electron chi connectivity index (χ4n) is 3.09. The van der Waals surface area contributed by atoms with E-state index in [4.69, 9.17) is 16.2 Å². The highest BCUT2D eigenvalue weighted by atomic mass is 19.4. The molecule has 6 N–H and O–H groups in total. The molecule has 138 valence electrons. The zero-order valence-electron chi connectivity index (χ0n) is 13.1. The average Bonchev–Trinajstić information content (AvgIpc) is 2.92. The van der Waals surface area contributed by atoms with Crippen molar-refractivity contribution in [1.29, 1.82) is 0 Å². The molecule has 1 heterocycles. The molecule has 10 heteroatoms. The molecule has 1 saturated carbocycles.